The highest BCUT2D eigenvalue weighted by atomic mass is 31.2. The number of anilines is 7. The highest BCUT2D eigenvalue weighted by molar-refractivity contribution is 7.50. The van der Waals surface area contributed by atoms with Crippen LogP contribution in [-0.4, -0.2) is 0 Å². The van der Waals surface area contributed by atoms with E-state index in [1.54, 1.807) is 218 Å². The fraction of sp³-hybridized carbons (Fsp3) is 0.0649. The lowest BCUT2D eigenvalue weighted by molar-refractivity contribution is 0.295. The molecule has 104 heavy (non-hydrogen) atoms. The summed E-state index contributed by atoms with van der Waals surface area (Å²) in [5.41, 5.74) is 48.0. The average Bonchev–Trinajstić information content (AvgIpc) is 0.843. The van der Waals surface area contributed by atoms with Crippen molar-refractivity contribution in [2.75, 3.05) is 40.1 Å². The van der Waals surface area contributed by atoms with Gasteiger partial charge in [0.2, 0.25) is 0 Å². The standard InChI is InChI=1S/C21H22NO4P.C20H21N2O4P.2C18H17N2O4P/c1-15-7-11-19(12-8-15)24-27(23,25-20-13-9-18(22)10-14-20)26-21-16(2)5-4-6-17(21)3;1-14-6-3-7-15(2)20(14)26-27(23,24-18-10-4-8-16(21)12-18)25-19-11-5-9-17(22)13-19;19-14-6-4-10-17(12-14)23-25(21,22-16-8-2-1-3-9-16)24-18-11-5-7-15(20)13-18;19-14-6-10-17(11-7-14)23-25(21,22-16-4-2-1-3-5-16)24-18-12-8-15(20)9-13-18/h4-14H,22H2,1-3H3;3-13H,21-22H2,1-2H3;2*1-13H,19-20H2. The summed E-state index contributed by atoms with van der Waals surface area (Å²) in [6.07, 6.45) is 0. The first-order chi connectivity index (χ1) is 49.7. The van der Waals surface area contributed by atoms with E-state index in [0.29, 0.717) is 85.8 Å². The zero-order valence-electron chi connectivity index (χ0n) is 57.1. The van der Waals surface area contributed by atoms with Crippen molar-refractivity contribution in [1.82, 2.24) is 0 Å². The molecule has 12 aromatic carbocycles. The maximum absolute atomic E-state index is 13.5. The van der Waals surface area contributed by atoms with Crippen molar-refractivity contribution in [2.45, 2.75) is 34.6 Å². The van der Waals surface area contributed by atoms with Gasteiger partial charge >= 0.3 is 31.3 Å². The molecule has 0 aliphatic carbocycles. The lowest BCUT2D eigenvalue weighted by Gasteiger charge is -2.21. The summed E-state index contributed by atoms with van der Waals surface area (Å²) in [5.74, 6) is 4.05. The summed E-state index contributed by atoms with van der Waals surface area (Å²) in [7, 11) is -16.1. The zero-order chi connectivity index (χ0) is 74.3. The van der Waals surface area contributed by atoms with Gasteiger partial charge in [-0.15, -0.1) is 0 Å². The van der Waals surface area contributed by atoms with Crippen LogP contribution in [0.3, 0.4) is 0 Å². The average molecular weight is 1480 g/mol. The zero-order valence-corrected chi connectivity index (χ0v) is 60.7. The number of nitrogens with two attached hydrogens (primary N) is 7. The first kappa shape index (κ1) is 76.0. The van der Waals surface area contributed by atoms with Crippen LogP contribution in [-0.2, 0) is 18.3 Å². The molecule has 0 aromatic heterocycles. The van der Waals surface area contributed by atoms with Crippen molar-refractivity contribution < 1.29 is 72.5 Å². The molecule has 12 aromatic rings. The van der Waals surface area contributed by atoms with Gasteiger partial charge in [-0.1, -0.05) is 115 Å². The summed E-state index contributed by atoms with van der Waals surface area (Å²) >= 11 is 0. The third-order valence-electron chi connectivity index (χ3n) is 14.0. The molecular weight excluding hydrogens is 1400 g/mol. The van der Waals surface area contributed by atoms with Crippen LogP contribution in [0.4, 0.5) is 39.8 Å². The number of aryl methyl sites for hydroxylation is 5. The van der Waals surface area contributed by atoms with Crippen molar-refractivity contribution in [1.29, 1.82) is 0 Å². The van der Waals surface area contributed by atoms with Crippen LogP contribution in [0.15, 0.2) is 291 Å². The fourth-order valence-electron chi connectivity index (χ4n) is 9.06. The van der Waals surface area contributed by atoms with Crippen molar-refractivity contribution in [3.05, 3.63) is 319 Å². The third kappa shape index (κ3) is 24.0. The summed E-state index contributed by atoms with van der Waals surface area (Å²) in [5, 5.41) is 0. The van der Waals surface area contributed by atoms with Crippen LogP contribution in [0, 0.1) is 34.6 Å². The predicted octanol–water partition coefficient (Wildman–Crippen LogP) is 19.9. The topological polar surface area (TPSA) is 361 Å². The molecule has 0 saturated heterocycles. The highest BCUT2D eigenvalue weighted by Crippen LogP contribution is 2.55. The van der Waals surface area contributed by atoms with Gasteiger partial charge in [0.25, 0.3) is 0 Å². The van der Waals surface area contributed by atoms with E-state index >= 15 is 0 Å². The Hall–Kier alpha value is -12.2. The van der Waals surface area contributed by atoms with Gasteiger partial charge in [-0.2, -0.15) is 18.3 Å². The van der Waals surface area contributed by atoms with Gasteiger partial charge in [-0.25, -0.2) is 0 Å². The molecule has 0 bridgehead atoms. The minimum absolute atomic E-state index is 0.267. The lowest BCUT2D eigenvalue weighted by atomic mass is 10.1. The molecule has 12 rings (SSSR count). The van der Waals surface area contributed by atoms with Gasteiger partial charge in [-0.3, -0.25) is 0 Å². The van der Waals surface area contributed by atoms with Crippen LogP contribution in [0.25, 0.3) is 0 Å². The quantitative estimate of drug-likeness (QED) is 0.0218. The summed E-state index contributed by atoms with van der Waals surface area (Å²) in [6.45, 7) is 9.42. The minimum atomic E-state index is -4.09. The normalized spacial score (nSPS) is 11.4. The number of phosphoric ester groups is 4. The first-order valence-electron chi connectivity index (χ1n) is 31.8. The monoisotopic (exact) mass is 1480 g/mol. The first-order valence-corrected chi connectivity index (χ1v) is 37.6. The molecule has 0 aliphatic rings. The highest BCUT2D eigenvalue weighted by Gasteiger charge is 2.38. The molecule has 0 spiro atoms. The van der Waals surface area contributed by atoms with Crippen molar-refractivity contribution in [3.63, 3.8) is 0 Å². The number of phosphoric acid groups is 4. The smallest absolute Gasteiger partial charge is 0.399 e. The van der Waals surface area contributed by atoms with Crippen LogP contribution < -0.4 is 94.4 Å². The second kappa shape index (κ2) is 35.4. The molecule has 0 heterocycles. The Bertz CT molecular complexity index is 4750. The van der Waals surface area contributed by atoms with Crippen LogP contribution in [0.5, 0.6) is 69.0 Å². The third-order valence-corrected chi connectivity index (χ3v) is 19.1. The van der Waals surface area contributed by atoms with Gasteiger partial charge in [0.1, 0.15) is 69.0 Å². The molecule has 14 N–H and O–H groups in total. The number of hydrogen-bond acceptors (Lipinski definition) is 23. The molecule has 0 radical (unpaired) electrons. The van der Waals surface area contributed by atoms with Crippen LogP contribution in [0.2, 0.25) is 0 Å². The lowest BCUT2D eigenvalue weighted by Crippen LogP contribution is -2.09. The Morgan fingerprint density at radius 2 is 0.385 bits per heavy atom. The molecule has 1 unspecified atom stereocenters. The number of nitrogen functional groups attached to an aromatic ring is 7. The van der Waals surface area contributed by atoms with Crippen LogP contribution >= 0.6 is 31.3 Å². The van der Waals surface area contributed by atoms with Gasteiger partial charge in [0.15, 0.2) is 0 Å². The van der Waals surface area contributed by atoms with Gasteiger partial charge in [0.05, 0.1) is 0 Å². The Kier molecular flexibility index (Phi) is 25.8. The number of para-hydroxylation sites is 4. The van der Waals surface area contributed by atoms with E-state index < -0.39 is 31.3 Å². The molecule has 0 aliphatic heterocycles. The van der Waals surface area contributed by atoms with Crippen molar-refractivity contribution >= 4 is 71.1 Å². The fourth-order valence-corrected chi connectivity index (χ4v) is 14.3. The second-order valence-corrected chi connectivity index (χ2v) is 28.5. The Morgan fingerprint density at radius 3 is 0.625 bits per heavy atom. The van der Waals surface area contributed by atoms with E-state index in [2.05, 4.69) is 0 Å². The van der Waals surface area contributed by atoms with Crippen molar-refractivity contribution in [2.24, 2.45) is 0 Å². The van der Waals surface area contributed by atoms with E-state index in [-0.39, 0.29) is 23.0 Å². The molecule has 536 valence electrons. The summed E-state index contributed by atoms with van der Waals surface area (Å²) < 4.78 is 121. The number of hydrogen-bond donors (Lipinski definition) is 7. The van der Waals surface area contributed by atoms with E-state index in [0.717, 1.165) is 27.8 Å². The largest absolute Gasteiger partial charge is 0.647 e. The molecular formula is C77H77N7O16P4. The molecule has 23 nitrogen and oxygen atoms in total. The SMILES string of the molecule is Cc1ccc(OP(=O)(Oc2ccc(N)cc2)Oc2c(C)cccc2C)cc1.Cc1cccc(C)c1OP(=O)(Oc1cccc(N)c1)Oc1cccc(N)c1.Nc1ccc(OP(=O)(Oc2ccccc2)Oc2ccc(N)cc2)cc1.Nc1cccc(OP(=O)(Oc2ccccc2)Oc2cccc(N)c2)c1. The van der Waals surface area contributed by atoms with E-state index in [1.807, 2.05) is 95.3 Å². The maximum Gasteiger partial charge on any atom is 0.647 e. The Morgan fingerprint density at radius 1 is 0.192 bits per heavy atom. The van der Waals surface area contributed by atoms with Gasteiger partial charge in [-0.05, 0) is 215 Å². The van der Waals surface area contributed by atoms with Gasteiger partial charge < -0.3 is 94.4 Å². The maximum atomic E-state index is 13.5. The number of benzene rings is 12. The van der Waals surface area contributed by atoms with Crippen LogP contribution in [0.1, 0.15) is 27.8 Å². The van der Waals surface area contributed by atoms with Gasteiger partial charge in [0, 0.05) is 64.1 Å². The molecule has 1 atom stereocenters. The summed E-state index contributed by atoms with van der Waals surface area (Å²) in [6, 6.07) is 81.3. The predicted molar refractivity (Wildman–Crippen MR) is 410 cm³/mol. The van der Waals surface area contributed by atoms with E-state index in [9.17, 15) is 18.3 Å². The van der Waals surface area contributed by atoms with E-state index in [1.165, 1.54) is 12.1 Å². The van der Waals surface area contributed by atoms with Crippen molar-refractivity contribution in [3.8, 4) is 69.0 Å². The minimum Gasteiger partial charge on any atom is -0.399 e. The second-order valence-electron chi connectivity index (χ2n) is 22.8. The molecule has 0 fully saturated rings. The van der Waals surface area contributed by atoms with E-state index in [4.69, 9.17) is 94.4 Å². The Labute approximate surface area is 603 Å². The molecule has 0 saturated carbocycles. The molecule has 0 amide bonds. The molecule has 27 heteroatoms. The Balaban J connectivity index is 0.000000161. The summed E-state index contributed by atoms with van der Waals surface area (Å²) in [4.78, 5) is 0. The number of rotatable bonds is 24.